The van der Waals surface area contributed by atoms with Crippen molar-refractivity contribution < 1.29 is 23.5 Å². The van der Waals surface area contributed by atoms with Crippen molar-refractivity contribution in [1.29, 1.82) is 0 Å². The summed E-state index contributed by atoms with van der Waals surface area (Å²) in [5.74, 6) is -1.81. The molecule has 0 spiro atoms. The van der Waals surface area contributed by atoms with Crippen LogP contribution in [-0.2, 0) is 16.2 Å². The highest BCUT2D eigenvalue weighted by Gasteiger charge is 2.35. The summed E-state index contributed by atoms with van der Waals surface area (Å²) in [6.45, 7) is -0.335. The Morgan fingerprint density at radius 1 is 1.08 bits per heavy atom. The Hall–Kier alpha value is -3.15. The molecule has 0 radical (unpaired) electrons. The molecule has 0 aliphatic carbocycles. The summed E-state index contributed by atoms with van der Waals surface area (Å²) in [4.78, 5) is 38.0. The molecule has 1 heterocycles. The Balaban J connectivity index is 1.44. The molecule has 36 heavy (non-hydrogen) atoms. The second-order valence-electron chi connectivity index (χ2n) is 7.64. The smallest absolute Gasteiger partial charge is 0.329 e. The van der Waals surface area contributed by atoms with Crippen LogP contribution in [-0.4, -0.2) is 29.3 Å². The van der Waals surface area contributed by atoms with Crippen LogP contribution in [0, 0.1) is 9.39 Å². The normalized spacial score (nSPS) is 14.2. The van der Waals surface area contributed by atoms with Gasteiger partial charge in [-0.3, -0.25) is 9.59 Å². The van der Waals surface area contributed by atoms with Crippen molar-refractivity contribution in [1.82, 2.24) is 10.2 Å². The fraction of sp³-hybridized carbons (Fsp3) is 0.0800. The molecule has 2 N–H and O–H groups in total. The lowest BCUT2D eigenvalue weighted by atomic mass is 10.1. The largest absolute Gasteiger partial charge is 0.486 e. The van der Waals surface area contributed by atoms with Gasteiger partial charge in [0, 0.05) is 3.57 Å². The maximum atomic E-state index is 13.7. The molecule has 0 unspecified atom stereocenters. The number of benzene rings is 3. The summed E-state index contributed by atoms with van der Waals surface area (Å²) in [5, 5.41) is 5.19. The van der Waals surface area contributed by atoms with Gasteiger partial charge in [-0.1, -0.05) is 47.5 Å². The average Bonchev–Trinajstić information content (AvgIpc) is 3.08. The number of halogens is 4. The number of anilines is 1. The van der Waals surface area contributed by atoms with Crippen molar-refractivity contribution in [3.05, 3.63) is 96.9 Å². The third-order valence-electron chi connectivity index (χ3n) is 5.04. The fourth-order valence-electron chi connectivity index (χ4n) is 3.31. The van der Waals surface area contributed by atoms with Crippen LogP contribution in [0.5, 0.6) is 5.75 Å². The first kappa shape index (κ1) is 25.9. The second kappa shape index (κ2) is 11.3. The van der Waals surface area contributed by atoms with Gasteiger partial charge in [0.25, 0.3) is 5.91 Å². The topological polar surface area (TPSA) is 87.7 Å². The van der Waals surface area contributed by atoms with Crippen molar-refractivity contribution in [2.24, 2.45) is 0 Å². The highest BCUT2D eigenvalue weighted by atomic mass is 127. The molecule has 11 heteroatoms. The van der Waals surface area contributed by atoms with Gasteiger partial charge in [-0.2, -0.15) is 0 Å². The summed E-state index contributed by atoms with van der Waals surface area (Å²) in [6.07, 6.45) is 1.38. The maximum Gasteiger partial charge on any atom is 0.329 e. The van der Waals surface area contributed by atoms with Crippen molar-refractivity contribution in [2.75, 3.05) is 11.9 Å². The molecule has 3 aromatic rings. The van der Waals surface area contributed by atoms with Crippen LogP contribution in [0.25, 0.3) is 6.08 Å². The van der Waals surface area contributed by atoms with Crippen LogP contribution >= 0.6 is 45.8 Å². The lowest BCUT2D eigenvalue weighted by molar-refractivity contribution is -0.127. The lowest BCUT2D eigenvalue weighted by Gasteiger charge is -2.12. The van der Waals surface area contributed by atoms with Gasteiger partial charge < -0.3 is 15.4 Å². The third-order valence-corrected chi connectivity index (χ3v) is 6.32. The predicted molar refractivity (Wildman–Crippen MR) is 143 cm³/mol. The highest BCUT2D eigenvalue weighted by Crippen LogP contribution is 2.35. The van der Waals surface area contributed by atoms with Crippen LogP contribution in [0.1, 0.15) is 11.1 Å². The first-order valence-electron chi connectivity index (χ1n) is 10.5. The van der Waals surface area contributed by atoms with E-state index in [2.05, 4.69) is 33.2 Å². The number of urea groups is 1. The Morgan fingerprint density at radius 2 is 1.75 bits per heavy atom. The Bertz CT molecular complexity index is 1360. The van der Waals surface area contributed by atoms with Crippen molar-refractivity contribution in [3.63, 3.8) is 0 Å². The molecular formula is C25H17Cl2FIN3O4. The van der Waals surface area contributed by atoms with Gasteiger partial charge in [-0.25, -0.2) is 14.1 Å². The number of nitrogens with zero attached hydrogens (tertiary/aromatic N) is 1. The van der Waals surface area contributed by atoms with E-state index in [1.165, 1.54) is 36.4 Å². The van der Waals surface area contributed by atoms with Crippen molar-refractivity contribution >= 4 is 75.4 Å². The molecule has 1 aliphatic heterocycles. The van der Waals surface area contributed by atoms with E-state index in [0.717, 1.165) is 9.13 Å². The van der Waals surface area contributed by atoms with Gasteiger partial charge >= 0.3 is 6.03 Å². The molecule has 184 valence electrons. The van der Waals surface area contributed by atoms with E-state index in [0.29, 0.717) is 10.5 Å². The third kappa shape index (κ3) is 6.15. The van der Waals surface area contributed by atoms with Gasteiger partial charge in [-0.15, -0.1) is 0 Å². The fourth-order valence-corrected chi connectivity index (χ4v) is 4.29. The highest BCUT2D eigenvalue weighted by molar-refractivity contribution is 14.1. The Kier molecular flexibility index (Phi) is 8.12. The van der Waals surface area contributed by atoms with Gasteiger partial charge in [0.1, 0.15) is 24.7 Å². The number of imide groups is 1. The first-order chi connectivity index (χ1) is 17.2. The number of hydrogen-bond acceptors (Lipinski definition) is 4. The van der Waals surface area contributed by atoms with Crippen LogP contribution in [0.2, 0.25) is 10.0 Å². The van der Waals surface area contributed by atoms with E-state index in [4.69, 9.17) is 27.9 Å². The van der Waals surface area contributed by atoms with E-state index in [-0.39, 0.29) is 33.8 Å². The molecule has 3 aromatic carbocycles. The van der Waals surface area contributed by atoms with Crippen LogP contribution in [0.3, 0.4) is 0 Å². The minimum Gasteiger partial charge on any atom is -0.486 e. The van der Waals surface area contributed by atoms with Gasteiger partial charge in [0.05, 0.1) is 15.7 Å². The number of amides is 4. The number of nitrogens with one attached hydrogen (secondary N) is 2. The Morgan fingerprint density at radius 3 is 2.42 bits per heavy atom. The van der Waals surface area contributed by atoms with Crippen LogP contribution in [0.4, 0.5) is 14.9 Å². The number of para-hydroxylation sites is 1. The summed E-state index contributed by atoms with van der Waals surface area (Å²) < 4.78 is 20.6. The van der Waals surface area contributed by atoms with Gasteiger partial charge in [0.15, 0.2) is 5.75 Å². The summed E-state index contributed by atoms with van der Waals surface area (Å²) >= 11 is 14.9. The van der Waals surface area contributed by atoms with E-state index < -0.39 is 30.2 Å². The SMILES string of the molecule is O=C(CN1C(=O)N/C(=C/c2cc(Cl)c(OCc3ccc(I)cc3)c(Cl)c2)C1=O)Nc1ccccc1F. The van der Waals surface area contributed by atoms with Gasteiger partial charge in [-0.05, 0) is 76.2 Å². The molecule has 4 rings (SSSR count). The molecule has 0 aromatic heterocycles. The second-order valence-corrected chi connectivity index (χ2v) is 9.70. The number of hydrogen-bond donors (Lipinski definition) is 2. The zero-order valence-electron chi connectivity index (χ0n) is 18.4. The monoisotopic (exact) mass is 639 g/mol. The molecule has 7 nitrogen and oxygen atoms in total. The summed E-state index contributed by atoms with van der Waals surface area (Å²) in [7, 11) is 0. The molecule has 1 aliphatic rings. The average molecular weight is 640 g/mol. The zero-order valence-corrected chi connectivity index (χ0v) is 22.0. The lowest BCUT2D eigenvalue weighted by Crippen LogP contribution is -2.38. The number of ether oxygens (including phenoxy) is 1. The molecular weight excluding hydrogens is 623 g/mol. The van der Waals surface area contributed by atoms with E-state index in [1.54, 1.807) is 6.07 Å². The van der Waals surface area contributed by atoms with E-state index in [9.17, 15) is 18.8 Å². The molecule has 0 bridgehead atoms. The van der Waals surface area contributed by atoms with Crippen LogP contribution in [0.15, 0.2) is 66.4 Å². The van der Waals surface area contributed by atoms with Crippen LogP contribution < -0.4 is 15.4 Å². The Labute approximate surface area is 229 Å². The number of rotatable bonds is 7. The molecule has 0 atom stereocenters. The predicted octanol–water partition coefficient (Wildman–Crippen LogP) is 5.85. The molecule has 0 saturated carbocycles. The maximum absolute atomic E-state index is 13.7. The molecule has 1 saturated heterocycles. The first-order valence-corrected chi connectivity index (χ1v) is 12.3. The minimum atomic E-state index is -0.787. The summed E-state index contributed by atoms with van der Waals surface area (Å²) in [5.41, 5.74) is 1.25. The van der Waals surface area contributed by atoms with E-state index >= 15 is 0 Å². The quantitative estimate of drug-likeness (QED) is 0.193. The van der Waals surface area contributed by atoms with Gasteiger partial charge in [0.2, 0.25) is 5.91 Å². The molecule has 1 fully saturated rings. The number of carbonyl (C=O) groups is 3. The van der Waals surface area contributed by atoms with Crippen molar-refractivity contribution in [2.45, 2.75) is 6.61 Å². The molecule has 4 amide bonds. The zero-order chi connectivity index (χ0) is 25.8. The standard InChI is InChI=1S/C25H17Cl2FIN3O4/c26-17-9-15(10-18(27)23(17)36-13-14-5-7-16(29)8-6-14)11-21-24(34)32(25(35)31-21)12-22(33)30-20-4-2-1-3-19(20)28/h1-11H,12-13H2,(H,30,33)(H,31,35)/b21-11+. The summed E-state index contributed by atoms with van der Waals surface area (Å²) in [6, 6.07) is 15.6. The number of carbonyl (C=O) groups excluding carboxylic acids is 3. The minimum absolute atomic E-state index is 0.0565. The van der Waals surface area contributed by atoms with E-state index in [1.807, 2.05) is 24.3 Å². The van der Waals surface area contributed by atoms with Crippen molar-refractivity contribution in [3.8, 4) is 5.75 Å².